The predicted molar refractivity (Wildman–Crippen MR) is 75.0 cm³/mol. The number of rotatable bonds is 5. The molecule has 0 saturated heterocycles. The maximum atomic E-state index is 11.7. The Morgan fingerprint density at radius 2 is 2.00 bits per heavy atom. The topological polar surface area (TPSA) is 41.1 Å². The van der Waals surface area contributed by atoms with Crippen LogP contribution in [0.4, 0.5) is 5.69 Å². The van der Waals surface area contributed by atoms with Gasteiger partial charge in [0.2, 0.25) is 5.91 Å². The first-order valence-electron chi connectivity index (χ1n) is 6.53. The van der Waals surface area contributed by atoms with Crippen molar-refractivity contribution in [1.82, 2.24) is 5.32 Å². The Hall–Kier alpha value is -1.22. The summed E-state index contributed by atoms with van der Waals surface area (Å²) in [7, 11) is 0. The number of benzene rings is 1. The third kappa shape index (κ3) is 3.91. The summed E-state index contributed by atoms with van der Waals surface area (Å²) in [5, 5.41) is 6.93. The second-order valence-corrected chi connectivity index (χ2v) is 5.11. The maximum Gasteiger partial charge on any atom is 0.221 e. The average molecular weight is 267 g/mol. The van der Waals surface area contributed by atoms with E-state index in [4.69, 9.17) is 11.6 Å². The third-order valence-corrected chi connectivity index (χ3v) is 3.59. The van der Waals surface area contributed by atoms with Crippen molar-refractivity contribution in [2.24, 2.45) is 0 Å². The molecule has 0 atom stereocenters. The molecular weight excluding hydrogens is 248 g/mol. The van der Waals surface area contributed by atoms with Crippen molar-refractivity contribution in [2.45, 2.75) is 38.1 Å². The minimum Gasteiger partial charge on any atom is -0.383 e. The lowest BCUT2D eigenvalue weighted by Crippen LogP contribution is -2.33. The van der Waals surface area contributed by atoms with Crippen LogP contribution in [0.5, 0.6) is 0 Å². The highest BCUT2D eigenvalue weighted by atomic mass is 35.5. The number of carbonyl (C=O) groups excluding carboxylic acids is 1. The van der Waals surface area contributed by atoms with Crippen LogP contribution in [-0.2, 0) is 4.79 Å². The van der Waals surface area contributed by atoms with Crippen LogP contribution in [0.1, 0.15) is 32.1 Å². The van der Waals surface area contributed by atoms with Gasteiger partial charge in [0.1, 0.15) is 0 Å². The largest absolute Gasteiger partial charge is 0.383 e. The standard InChI is InChI=1S/C14H19ClN2O/c15-12-7-3-4-8-13(12)16-10-9-14(18)17-11-5-1-2-6-11/h3-4,7-8,11,16H,1-2,5-6,9-10H2,(H,17,18). The molecule has 1 amide bonds. The van der Waals surface area contributed by atoms with Gasteiger partial charge in [0, 0.05) is 19.0 Å². The molecule has 0 heterocycles. The lowest BCUT2D eigenvalue weighted by molar-refractivity contribution is -0.121. The van der Waals surface area contributed by atoms with Gasteiger partial charge in [-0.1, -0.05) is 36.6 Å². The number of carbonyl (C=O) groups is 1. The molecule has 2 rings (SSSR count). The number of anilines is 1. The summed E-state index contributed by atoms with van der Waals surface area (Å²) in [5.74, 6) is 0.126. The van der Waals surface area contributed by atoms with Crippen LogP contribution in [0.25, 0.3) is 0 Å². The molecule has 0 spiro atoms. The lowest BCUT2D eigenvalue weighted by atomic mass is 10.2. The van der Waals surface area contributed by atoms with E-state index in [2.05, 4.69) is 10.6 Å². The van der Waals surface area contributed by atoms with Crippen LogP contribution < -0.4 is 10.6 Å². The van der Waals surface area contributed by atoms with Crippen molar-refractivity contribution in [3.8, 4) is 0 Å². The first kappa shape index (κ1) is 13.2. The first-order valence-corrected chi connectivity index (χ1v) is 6.91. The summed E-state index contributed by atoms with van der Waals surface area (Å²) >= 11 is 6.01. The Bertz CT molecular complexity index is 403. The Morgan fingerprint density at radius 1 is 1.28 bits per heavy atom. The molecule has 1 aromatic carbocycles. The summed E-state index contributed by atoms with van der Waals surface area (Å²) in [6.07, 6.45) is 5.22. The minimum absolute atomic E-state index is 0.126. The summed E-state index contributed by atoms with van der Waals surface area (Å²) < 4.78 is 0. The van der Waals surface area contributed by atoms with Crippen molar-refractivity contribution in [1.29, 1.82) is 0 Å². The van der Waals surface area contributed by atoms with Gasteiger partial charge in [-0.2, -0.15) is 0 Å². The van der Waals surface area contributed by atoms with E-state index < -0.39 is 0 Å². The molecule has 1 aliphatic rings. The van der Waals surface area contributed by atoms with Gasteiger partial charge in [-0.25, -0.2) is 0 Å². The van der Waals surface area contributed by atoms with E-state index in [1.807, 2.05) is 24.3 Å². The monoisotopic (exact) mass is 266 g/mol. The molecule has 0 aliphatic heterocycles. The van der Waals surface area contributed by atoms with Crippen molar-refractivity contribution >= 4 is 23.2 Å². The van der Waals surface area contributed by atoms with E-state index in [1.165, 1.54) is 12.8 Å². The lowest BCUT2D eigenvalue weighted by Gasteiger charge is -2.12. The molecule has 2 N–H and O–H groups in total. The second kappa shape index (κ2) is 6.64. The van der Waals surface area contributed by atoms with Gasteiger partial charge in [0.15, 0.2) is 0 Å². The highest BCUT2D eigenvalue weighted by molar-refractivity contribution is 6.33. The summed E-state index contributed by atoms with van der Waals surface area (Å²) in [5.41, 5.74) is 0.882. The predicted octanol–water partition coefficient (Wildman–Crippen LogP) is 3.20. The van der Waals surface area contributed by atoms with E-state index in [0.29, 0.717) is 24.0 Å². The van der Waals surface area contributed by atoms with Crippen LogP contribution >= 0.6 is 11.6 Å². The van der Waals surface area contributed by atoms with E-state index in [1.54, 1.807) is 0 Å². The average Bonchev–Trinajstić information content (AvgIpc) is 2.84. The smallest absolute Gasteiger partial charge is 0.221 e. The fourth-order valence-corrected chi connectivity index (χ4v) is 2.49. The molecule has 0 bridgehead atoms. The van der Waals surface area contributed by atoms with Crippen LogP contribution in [0.2, 0.25) is 5.02 Å². The fraction of sp³-hybridized carbons (Fsp3) is 0.500. The molecule has 0 radical (unpaired) electrons. The normalized spacial score (nSPS) is 15.6. The molecule has 4 heteroatoms. The van der Waals surface area contributed by atoms with Crippen LogP contribution in [0.3, 0.4) is 0 Å². The number of amides is 1. The molecule has 98 valence electrons. The van der Waals surface area contributed by atoms with Crippen molar-refractivity contribution in [2.75, 3.05) is 11.9 Å². The number of hydrogen-bond acceptors (Lipinski definition) is 2. The van der Waals surface area contributed by atoms with E-state index >= 15 is 0 Å². The molecule has 18 heavy (non-hydrogen) atoms. The van der Waals surface area contributed by atoms with Gasteiger partial charge in [-0.05, 0) is 25.0 Å². The fourth-order valence-electron chi connectivity index (χ4n) is 2.29. The number of hydrogen-bond donors (Lipinski definition) is 2. The zero-order chi connectivity index (χ0) is 12.8. The van der Waals surface area contributed by atoms with E-state index in [9.17, 15) is 4.79 Å². The quantitative estimate of drug-likeness (QED) is 0.859. The Labute approximate surface area is 113 Å². The highest BCUT2D eigenvalue weighted by Gasteiger charge is 2.16. The third-order valence-electron chi connectivity index (χ3n) is 3.26. The molecule has 0 unspecified atom stereocenters. The summed E-state index contributed by atoms with van der Waals surface area (Å²) in [6, 6.07) is 7.96. The highest BCUT2D eigenvalue weighted by Crippen LogP contribution is 2.20. The zero-order valence-electron chi connectivity index (χ0n) is 10.4. The summed E-state index contributed by atoms with van der Waals surface area (Å²) in [4.78, 5) is 11.7. The number of halogens is 1. The van der Waals surface area contributed by atoms with Crippen LogP contribution in [0.15, 0.2) is 24.3 Å². The molecule has 1 saturated carbocycles. The Balaban J connectivity index is 1.68. The van der Waals surface area contributed by atoms with E-state index in [0.717, 1.165) is 18.5 Å². The molecule has 0 aromatic heterocycles. The van der Waals surface area contributed by atoms with E-state index in [-0.39, 0.29) is 5.91 Å². The van der Waals surface area contributed by atoms with Gasteiger partial charge < -0.3 is 10.6 Å². The summed E-state index contributed by atoms with van der Waals surface area (Å²) in [6.45, 7) is 0.613. The van der Waals surface area contributed by atoms with Gasteiger partial charge in [-0.15, -0.1) is 0 Å². The second-order valence-electron chi connectivity index (χ2n) is 4.71. The zero-order valence-corrected chi connectivity index (χ0v) is 11.2. The van der Waals surface area contributed by atoms with Gasteiger partial charge in [-0.3, -0.25) is 4.79 Å². The van der Waals surface area contributed by atoms with Gasteiger partial charge in [0.05, 0.1) is 10.7 Å². The minimum atomic E-state index is 0.126. The van der Waals surface area contributed by atoms with Crippen molar-refractivity contribution < 1.29 is 4.79 Å². The molecule has 1 aliphatic carbocycles. The van der Waals surface area contributed by atoms with Crippen LogP contribution in [0, 0.1) is 0 Å². The Kier molecular flexibility index (Phi) is 4.88. The first-order chi connectivity index (χ1) is 8.75. The maximum absolute atomic E-state index is 11.7. The van der Waals surface area contributed by atoms with Gasteiger partial charge in [0.25, 0.3) is 0 Å². The van der Waals surface area contributed by atoms with Gasteiger partial charge >= 0.3 is 0 Å². The molecular formula is C14H19ClN2O. The molecule has 1 aromatic rings. The number of nitrogens with one attached hydrogen (secondary N) is 2. The molecule has 3 nitrogen and oxygen atoms in total. The van der Waals surface area contributed by atoms with Crippen molar-refractivity contribution in [3.63, 3.8) is 0 Å². The van der Waals surface area contributed by atoms with Crippen LogP contribution in [-0.4, -0.2) is 18.5 Å². The van der Waals surface area contributed by atoms with Crippen molar-refractivity contribution in [3.05, 3.63) is 29.3 Å². The SMILES string of the molecule is O=C(CCNc1ccccc1Cl)NC1CCCC1. The Morgan fingerprint density at radius 3 is 2.72 bits per heavy atom. The molecule has 1 fully saturated rings. The number of para-hydroxylation sites is 1.